The Morgan fingerprint density at radius 3 is 2.45 bits per heavy atom. The summed E-state index contributed by atoms with van der Waals surface area (Å²) in [6.07, 6.45) is 0. The number of carbonyl (C=O) groups is 2. The van der Waals surface area contributed by atoms with Crippen molar-refractivity contribution >= 4 is 11.9 Å². The van der Waals surface area contributed by atoms with Crippen molar-refractivity contribution < 1.29 is 18.4 Å². The van der Waals surface area contributed by atoms with Crippen LogP contribution in [-0.2, 0) is 4.79 Å². The fraction of sp³-hybridized carbons (Fsp3) is 0.467. The molecule has 0 aliphatic rings. The van der Waals surface area contributed by atoms with Gasteiger partial charge in [0.1, 0.15) is 11.6 Å². The maximum atomic E-state index is 13.6. The third-order valence-corrected chi connectivity index (χ3v) is 2.92. The first-order valence-corrected chi connectivity index (χ1v) is 7.05. The van der Waals surface area contributed by atoms with E-state index in [0.29, 0.717) is 6.54 Å². The van der Waals surface area contributed by atoms with Gasteiger partial charge in [-0.3, -0.25) is 10.1 Å². The molecule has 0 unspecified atom stereocenters. The molecule has 122 valence electrons. The van der Waals surface area contributed by atoms with Crippen LogP contribution in [0.2, 0.25) is 0 Å². The standard InChI is InChI=1S/C15H21F2N3O2/c1-9(2)7-19-15(22)20-14(21)8-18-10(3)12-5-4-11(16)6-13(12)17/h4-6,9-10,18H,7-8H2,1-3H3,(H2,19,20,21,22)/t10-/m0/s1. The Morgan fingerprint density at radius 2 is 1.86 bits per heavy atom. The largest absolute Gasteiger partial charge is 0.338 e. The van der Waals surface area contributed by atoms with Gasteiger partial charge in [-0.15, -0.1) is 0 Å². The molecule has 1 aromatic carbocycles. The van der Waals surface area contributed by atoms with Crippen molar-refractivity contribution in [2.75, 3.05) is 13.1 Å². The summed E-state index contributed by atoms with van der Waals surface area (Å²) in [6.45, 7) is 5.81. The summed E-state index contributed by atoms with van der Waals surface area (Å²) in [5, 5.41) is 7.48. The molecule has 1 rings (SSSR count). The van der Waals surface area contributed by atoms with E-state index in [1.165, 1.54) is 6.07 Å². The van der Waals surface area contributed by atoms with Gasteiger partial charge in [-0.05, 0) is 18.9 Å². The second-order valence-corrected chi connectivity index (χ2v) is 5.42. The van der Waals surface area contributed by atoms with Crippen LogP contribution in [0.3, 0.4) is 0 Å². The third-order valence-electron chi connectivity index (χ3n) is 2.92. The predicted octanol–water partition coefficient (Wildman–Crippen LogP) is 2.10. The minimum absolute atomic E-state index is 0.160. The molecule has 0 saturated heterocycles. The average Bonchev–Trinajstić information content (AvgIpc) is 2.42. The first kappa shape index (κ1) is 18.0. The van der Waals surface area contributed by atoms with Crippen molar-refractivity contribution in [1.82, 2.24) is 16.0 Å². The van der Waals surface area contributed by atoms with Gasteiger partial charge in [0.25, 0.3) is 0 Å². The van der Waals surface area contributed by atoms with Crippen LogP contribution in [0.4, 0.5) is 13.6 Å². The van der Waals surface area contributed by atoms with Crippen LogP contribution in [0.5, 0.6) is 0 Å². The lowest BCUT2D eigenvalue weighted by atomic mass is 10.1. The number of carbonyl (C=O) groups excluding carboxylic acids is 2. The lowest BCUT2D eigenvalue weighted by Gasteiger charge is -2.15. The zero-order valence-corrected chi connectivity index (χ0v) is 12.9. The van der Waals surface area contributed by atoms with E-state index in [4.69, 9.17) is 0 Å². The number of hydrogen-bond donors (Lipinski definition) is 3. The monoisotopic (exact) mass is 313 g/mol. The average molecular weight is 313 g/mol. The molecule has 0 fully saturated rings. The molecule has 7 heteroatoms. The van der Waals surface area contributed by atoms with E-state index in [2.05, 4.69) is 16.0 Å². The van der Waals surface area contributed by atoms with Crippen molar-refractivity contribution in [2.24, 2.45) is 5.92 Å². The molecule has 1 aromatic rings. The highest BCUT2D eigenvalue weighted by Gasteiger charge is 2.14. The molecule has 0 saturated carbocycles. The van der Waals surface area contributed by atoms with Crippen LogP contribution in [-0.4, -0.2) is 25.0 Å². The van der Waals surface area contributed by atoms with Gasteiger partial charge in [0, 0.05) is 24.2 Å². The maximum absolute atomic E-state index is 13.6. The Bertz CT molecular complexity index is 536. The number of amides is 3. The number of urea groups is 1. The van der Waals surface area contributed by atoms with E-state index < -0.39 is 29.6 Å². The molecule has 0 radical (unpaired) electrons. The summed E-state index contributed by atoms with van der Waals surface area (Å²) in [6, 6.07) is 2.18. The zero-order valence-electron chi connectivity index (χ0n) is 12.9. The first-order valence-electron chi connectivity index (χ1n) is 7.05. The van der Waals surface area contributed by atoms with E-state index in [1.807, 2.05) is 13.8 Å². The molecular formula is C15H21F2N3O2. The smallest absolute Gasteiger partial charge is 0.321 e. The maximum Gasteiger partial charge on any atom is 0.321 e. The molecule has 0 heterocycles. The second-order valence-electron chi connectivity index (χ2n) is 5.42. The summed E-state index contributed by atoms with van der Waals surface area (Å²) in [5.74, 6) is -1.60. The fourth-order valence-electron chi connectivity index (χ4n) is 1.72. The van der Waals surface area contributed by atoms with Gasteiger partial charge in [-0.25, -0.2) is 13.6 Å². The summed E-state index contributed by atoms with van der Waals surface area (Å²) < 4.78 is 26.4. The molecule has 3 amide bonds. The second kappa shape index (κ2) is 8.43. The minimum atomic E-state index is -0.685. The van der Waals surface area contributed by atoms with E-state index >= 15 is 0 Å². The van der Waals surface area contributed by atoms with E-state index in [1.54, 1.807) is 6.92 Å². The van der Waals surface area contributed by atoms with Crippen LogP contribution in [0.15, 0.2) is 18.2 Å². The van der Waals surface area contributed by atoms with Crippen molar-refractivity contribution in [3.8, 4) is 0 Å². The summed E-state index contributed by atoms with van der Waals surface area (Å²) in [7, 11) is 0. The Balaban J connectivity index is 2.41. The van der Waals surface area contributed by atoms with Crippen molar-refractivity contribution in [3.63, 3.8) is 0 Å². The van der Waals surface area contributed by atoms with Crippen LogP contribution >= 0.6 is 0 Å². The number of halogens is 2. The highest BCUT2D eigenvalue weighted by molar-refractivity contribution is 5.95. The number of imide groups is 1. The fourth-order valence-corrected chi connectivity index (χ4v) is 1.72. The summed E-state index contributed by atoms with van der Waals surface area (Å²) in [5.41, 5.74) is 0.249. The minimum Gasteiger partial charge on any atom is -0.338 e. The first-order chi connectivity index (χ1) is 10.3. The molecule has 0 aliphatic heterocycles. The highest BCUT2D eigenvalue weighted by atomic mass is 19.1. The SMILES string of the molecule is CC(C)CNC(=O)NC(=O)CN[C@@H](C)c1ccc(F)cc1F. The van der Waals surface area contributed by atoms with E-state index in [-0.39, 0.29) is 18.0 Å². The van der Waals surface area contributed by atoms with Gasteiger partial charge in [-0.1, -0.05) is 19.9 Å². The molecule has 0 bridgehead atoms. The Kier molecular flexibility index (Phi) is 6.91. The molecule has 3 N–H and O–H groups in total. The molecule has 0 spiro atoms. The van der Waals surface area contributed by atoms with Crippen molar-refractivity contribution in [2.45, 2.75) is 26.8 Å². The Morgan fingerprint density at radius 1 is 1.18 bits per heavy atom. The number of rotatable bonds is 6. The molecule has 5 nitrogen and oxygen atoms in total. The highest BCUT2D eigenvalue weighted by Crippen LogP contribution is 2.17. The number of nitrogens with one attached hydrogen (secondary N) is 3. The van der Waals surface area contributed by atoms with Crippen LogP contribution in [0.25, 0.3) is 0 Å². The lowest BCUT2D eigenvalue weighted by Crippen LogP contribution is -2.44. The van der Waals surface area contributed by atoms with Gasteiger partial charge in [0.15, 0.2) is 0 Å². The lowest BCUT2D eigenvalue weighted by molar-refractivity contribution is -0.119. The normalized spacial score (nSPS) is 12.1. The molecular weight excluding hydrogens is 292 g/mol. The predicted molar refractivity (Wildman–Crippen MR) is 79.2 cm³/mol. The molecule has 0 aliphatic carbocycles. The van der Waals surface area contributed by atoms with Crippen LogP contribution in [0.1, 0.15) is 32.4 Å². The summed E-state index contributed by atoms with van der Waals surface area (Å²) in [4.78, 5) is 23.0. The van der Waals surface area contributed by atoms with Crippen molar-refractivity contribution in [3.05, 3.63) is 35.4 Å². The van der Waals surface area contributed by atoms with Gasteiger partial charge in [-0.2, -0.15) is 0 Å². The Hall–Kier alpha value is -2.02. The van der Waals surface area contributed by atoms with Gasteiger partial charge in [0.05, 0.1) is 6.54 Å². The van der Waals surface area contributed by atoms with Gasteiger partial charge >= 0.3 is 6.03 Å². The van der Waals surface area contributed by atoms with E-state index in [0.717, 1.165) is 12.1 Å². The van der Waals surface area contributed by atoms with Gasteiger partial charge < -0.3 is 10.6 Å². The number of hydrogen-bond acceptors (Lipinski definition) is 3. The topological polar surface area (TPSA) is 70.2 Å². The van der Waals surface area contributed by atoms with Crippen LogP contribution in [0, 0.1) is 17.6 Å². The van der Waals surface area contributed by atoms with Crippen LogP contribution < -0.4 is 16.0 Å². The zero-order chi connectivity index (χ0) is 16.7. The molecule has 1 atom stereocenters. The van der Waals surface area contributed by atoms with Crippen molar-refractivity contribution in [1.29, 1.82) is 0 Å². The van der Waals surface area contributed by atoms with Gasteiger partial charge in [0.2, 0.25) is 5.91 Å². The molecule has 0 aromatic heterocycles. The summed E-state index contributed by atoms with van der Waals surface area (Å²) >= 11 is 0. The quantitative estimate of drug-likeness (QED) is 0.753. The number of benzene rings is 1. The third kappa shape index (κ3) is 6.17. The Labute approximate surface area is 128 Å². The van der Waals surface area contributed by atoms with E-state index in [9.17, 15) is 18.4 Å². The molecule has 22 heavy (non-hydrogen) atoms.